The van der Waals surface area contributed by atoms with Gasteiger partial charge in [0, 0.05) is 41.1 Å². The molecular formula is C116H145F6N3O24. The highest BCUT2D eigenvalue weighted by Gasteiger charge is 2.75. The molecule has 15 unspecified atom stereocenters. The van der Waals surface area contributed by atoms with E-state index in [1.807, 2.05) is 90.0 Å². The minimum absolute atomic E-state index is 0.0736. The van der Waals surface area contributed by atoms with Gasteiger partial charge in [-0.2, -0.15) is 42.1 Å². The highest BCUT2D eigenvalue weighted by molar-refractivity contribution is 6.04. The second kappa shape index (κ2) is 45.7. The number of rotatable bonds is 27. The predicted octanol–water partition coefficient (Wildman–Crippen LogP) is 23.4. The molecule has 0 radical (unpaired) electrons. The van der Waals surface area contributed by atoms with Crippen LogP contribution in [-0.2, 0) is 126 Å². The molecule has 6 aromatic rings. The lowest BCUT2D eigenvalue weighted by Crippen LogP contribution is -2.42. The first-order valence-electron chi connectivity index (χ1n) is 52.2. The van der Waals surface area contributed by atoms with Crippen LogP contribution in [0.2, 0.25) is 0 Å². The van der Waals surface area contributed by atoms with Crippen molar-refractivity contribution in [2.24, 2.45) is 89.7 Å². The number of nitriles is 3. The summed E-state index contributed by atoms with van der Waals surface area (Å²) >= 11 is 0. The van der Waals surface area contributed by atoms with Crippen molar-refractivity contribution >= 4 is 115 Å². The Morgan fingerprint density at radius 3 is 0.940 bits per heavy atom. The van der Waals surface area contributed by atoms with Crippen molar-refractivity contribution in [2.45, 2.75) is 347 Å². The number of esters is 12. The van der Waals surface area contributed by atoms with E-state index in [9.17, 15) is 99.7 Å². The van der Waals surface area contributed by atoms with Gasteiger partial charge in [-0.15, -0.1) is 0 Å². The van der Waals surface area contributed by atoms with E-state index < -0.39 is 164 Å². The normalized spacial score (nSPS) is 25.7. The average molecular weight is 2080 g/mol. The van der Waals surface area contributed by atoms with Crippen molar-refractivity contribution in [1.29, 1.82) is 15.8 Å². The van der Waals surface area contributed by atoms with Crippen LogP contribution in [0.4, 0.5) is 26.3 Å². The largest absolute Gasteiger partial charge is 0.458 e. The van der Waals surface area contributed by atoms with E-state index >= 15 is 0 Å². The summed E-state index contributed by atoms with van der Waals surface area (Å²) in [6.07, 6.45) is 5.97. The van der Waals surface area contributed by atoms with Crippen LogP contribution < -0.4 is 0 Å². The molecule has 149 heavy (non-hydrogen) atoms. The lowest BCUT2D eigenvalue weighted by Gasteiger charge is -2.39. The van der Waals surface area contributed by atoms with Gasteiger partial charge in [-0.3, -0.25) is 47.9 Å². The molecule has 6 aromatic carbocycles. The highest BCUT2D eigenvalue weighted by Crippen LogP contribution is 2.66. The van der Waals surface area contributed by atoms with Gasteiger partial charge in [0.25, 0.3) is 0 Å². The number of hydrogen-bond acceptors (Lipinski definition) is 27. The Bertz CT molecular complexity index is 5790. The fourth-order valence-electron chi connectivity index (χ4n) is 21.1. The Morgan fingerprint density at radius 1 is 0.342 bits per heavy atom. The van der Waals surface area contributed by atoms with Crippen molar-refractivity contribution in [2.75, 3.05) is 26.4 Å². The summed E-state index contributed by atoms with van der Waals surface area (Å²) in [5.41, 5.74) is -5.63. The number of alkyl halides is 6. The third-order valence-corrected chi connectivity index (χ3v) is 33.6. The van der Waals surface area contributed by atoms with E-state index in [1.54, 1.807) is 41.5 Å². The van der Waals surface area contributed by atoms with Gasteiger partial charge in [0.05, 0.1) is 56.1 Å². The summed E-state index contributed by atoms with van der Waals surface area (Å²) in [5.74, 6) is -5.99. The molecule has 3 saturated heterocycles. The van der Waals surface area contributed by atoms with Gasteiger partial charge in [0.15, 0.2) is 42.7 Å². The summed E-state index contributed by atoms with van der Waals surface area (Å²) in [6, 6.07) is 45.3. The van der Waals surface area contributed by atoms with Gasteiger partial charge in [-0.05, 0) is 305 Å². The number of carbonyl (C=O) groups excluding carboxylic acids is 12. The zero-order chi connectivity index (χ0) is 110. The molecule has 17 rings (SSSR count). The van der Waals surface area contributed by atoms with Gasteiger partial charge < -0.3 is 56.8 Å². The van der Waals surface area contributed by atoms with Gasteiger partial charge in [0.2, 0.25) is 0 Å². The van der Waals surface area contributed by atoms with E-state index in [-0.39, 0.29) is 83.7 Å². The van der Waals surface area contributed by atoms with E-state index in [0.29, 0.717) is 51.4 Å². The summed E-state index contributed by atoms with van der Waals surface area (Å²) in [5, 5.41) is 37.7. The molecule has 6 bridgehead atoms. The quantitative estimate of drug-likeness (QED) is 0.0200. The van der Waals surface area contributed by atoms with Crippen molar-refractivity contribution < 1.29 is 141 Å². The van der Waals surface area contributed by atoms with Crippen LogP contribution in [0.3, 0.4) is 0 Å². The minimum atomic E-state index is -4.58. The predicted molar refractivity (Wildman–Crippen MR) is 537 cm³/mol. The maximum Gasteiger partial charge on any atom is 0.422 e. The lowest BCUT2D eigenvalue weighted by molar-refractivity contribution is -0.190. The van der Waals surface area contributed by atoms with Crippen LogP contribution in [-0.4, -0.2) is 147 Å². The maximum absolute atomic E-state index is 13.1. The molecule has 810 valence electrons. The van der Waals surface area contributed by atoms with Crippen LogP contribution >= 0.6 is 0 Å². The summed E-state index contributed by atoms with van der Waals surface area (Å²) in [7, 11) is 0. The second-order valence-electron chi connectivity index (χ2n) is 46.2. The molecule has 3 aliphatic heterocycles. The molecule has 15 atom stereocenters. The first kappa shape index (κ1) is 117. The smallest absolute Gasteiger partial charge is 0.422 e. The second-order valence-corrected chi connectivity index (χ2v) is 46.2. The molecule has 0 amide bonds. The van der Waals surface area contributed by atoms with Crippen molar-refractivity contribution in [3.05, 3.63) is 120 Å². The van der Waals surface area contributed by atoms with E-state index in [4.69, 9.17) is 37.9 Å². The van der Waals surface area contributed by atoms with E-state index in [2.05, 4.69) is 160 Å². The third-order valence-electron chi connectivity index (χ3n) is 33.6. The summed E-state index contributed by atoms with van der Waals surface area (Å²) in [4.78, 5) is 143. The number of ether oxygens (including phenoxy) is 12. The molecule has 3 heterocycles. The fraction of sp³-hybridized carbons (Fsp3) is 0.629. The molecule has 11 fully saturated rings. The molecule has 33 heteroatoms. The molecule has 8 saturated carbocycles. The van der Waals surface area contributed by atoms with Gasteiger partial charge >= 0.3 is 84.0 Å². The molecule has 0 aromatic heterocycles. The maximum atomic E-state index is 13.1. The molecular weight excluding hydrogens is 1930 g/mol. The average Bonchev–Trinajstić information content (AvgIpc) is 1.54. The molecule has 0 spiro atoms. The third kappa shape index (κ3) is 25.1. The van der Waals surface area contributed by atoms with Crippen LogP contribution in [0, 0.1) is 124 Å². The zero-order valence-corrected chi connectivity index (χ0v) is 89.6. The highest BCUT2D eigenvalue weighted by atomic mass is 19.4. The standard InChI is InChI=1S/C26H30O2.C25H28O2.3C15H19NO4.2C10H15F3O4/c1-4-25(2,3)24(27)28-26(14-8-5-9-15-26)23-13-12-21-16-19-10-6-7-11-20(19)17-22(21)18-23;1-4-24(2,3)23(26)27-25(15-9-10-16-25)22-20-13-7-5-11-18(20)17-19-12-6-8-14-21(19)22;3*1-4-14(2,3)12(17)19-10-8-5-9-11(10)20-13(18)15(9,6-8)7-16;2*1-4-9(2,3)8(15)16-5-7(14)17-6-10(11,12)13/h6-7,10-13,16-18H,4-5,8-9,14-15H2,1-3H3;5-8,11-14,17H,4,9-10,15-16H2,1-3H3;3*8-11H,4-6H2,1-3H3;2*4-6H2,1-3H3. The van der Waals surface area contributed by atoms with Crippen LogP contribution in [0.5, 0.6) is 0 Å². The van der Waals surface area contributed by atoms with Gasteiger partial charge in [-0.25, -0.2) is 9.59 Å². The van der Waals surface area contributed by atoms with Crippen LogP contribution in [0.15, 0.2) is 109 Å². The number of halogens is 6. The number of nitrogens with zero attached hydrogens (tertiary/aromatic N) is 3. The SMILES string of the molecule is CCC(C)(C)C(=O)OC1(c2c3ccccc3cc3ccccc23)CCCC1.CCC(C)(C)C(=O)OC1(c2ccc3cc4ccccc4cc3c2)CCCCC1.CCC(C)(C)C(=O)OC1C2CC3C1OC(=O)C3(C#N)C2.CCC(C)(C)C(=O)OC1C2CC3C1OC(=O)C3(C#N)C2.CCC(C)(C)C(=O)OC1C2CC3C1OC(=O)C3(C#N)C2.CCC(C)(C)C(=O)OCC(=O)OCC(F)(F)F.CCC(C)(C)C(=O)OCC(=O)OCC(F)(F)F. The Hall–Kier alpha value is -11.9. The van der Waals surface area contributed by atoms with Crippen molar-refractivity contribution in [1.82, 2.24) is 0 Å². The van der Waals surface area contributed by atoms with Crippen LogP contribution in [0.25, 0.3) is 43.1 Å². The summed E-state index contributed by atoms with van der Waals surface area (Å²) in [6.45, 7) is 33.9. The molecule has 27 nitrogen and oxygen atoms in total. The number of benzene rings is 6. The lowest BCUT2D eigenvalue weighted by atomic mass is 9.74. The molecule has 8 aliphatic carbocycles. The number of hydrogen-bond donors (Lipinski definition) is 0. The number of fused-ring (bicyclic) bond motifs is 7. The zero-order valence-electron chi connectivity index (χ0n) is 89.6. The van der Waals surface area contributed by atoms with E-state index in [1.165, 1.54) is 55.1 Å². The minimum Gasteiger partial charge on any atom is -0.458 e. The number of carbonyl (C=O) groups is 12. The summed E-state index contributed by atoms with van der Waals surface area (Å²) < 4.78 is 133. The molecule has 11 aliphatic rings. The first-order valence-corrected chi connectivity index (χ1v) is 52.2. The van der Waals surface area contributed by atoms with Gasteiger partial charge in [-0.1, -0.05) is 140 Å². The Morgan fingerprint density at radius 2 is 0.617 bits per heavy atom. The Balaban J connectivity index is 0.000000166. The van der Waals surface area contributed by atoms with Crippen molar-refractivity contribution in [3.8, 4) is 18.2 Å². The van der Waals surface area contributed by atoms with E-state index in [0.717, 1.165) is 89.0 Å². The topological polar surface area (TPSA) is 387 Å². The molecule has 0 N–H and O–H groups in total. The van der Waals surface area contributed by atoms with Crippen LogP contribution in [0.1, 0.15) is 298 Å². The Labute approximate surface area is 868 Å². The van der Waals surface area contributed by atoms with Crippen molar-refractivity contribution in [3.63, 3.8) is 0 Å². The first-order chi connectivity index (χ1) is 69.6. The Kier molecular flexibility index (Phi) is 36.0. The fourth-order valence-corrected chi connectivity index (χ4v) is 21.1. The monoisotopic (exact) mass is 2080 g/mol. The van der Waals surface area contributed by atoms with Gasteiger partial charge in [0.1, 0.15) is 47.8 Å².